The van der Waals surface area contributed by atoms with Crippen LogP contribution in [0.4, 0.5) is 0 Å². The van der Waals surface area contributed by atoms with Crippen molar-refractivity contribution in [3.05, 3.63) is 107 Å². The van der Waals surface area contributed by atoms with Crippen LogP contribution in [-0.2, 0) is 11.6 Å². The van der Waals surface area contributed by atoms with Crippen LogP contribution in [0.5, 0.6) is 0 Å². The highest BCUT2D eigenvalue weighted by Crippen LogP contribution is 2.46. The van der Waals surface area contributed by atoms with Crippen LogP contribution in [0.2, 0.25) is 0 Å². The van der Waals surface area contributed by atoms with Crippen molar-refractivity contribution in [2.45, 2.75) is 95.6 Å². The smallest absolute Gasteiger partial charge is 0.0594 e. The molecule has 0 spiro atoms. The van der Waals surface area contributed by atoms with Crippen molar-refractivity contribution in [3.63, 3.8) is 0 Å². The molecule has 3 aromatic carbocycles. The Morgan fingerprint density at radius 2 is 0.912 bits per heavy atom. The summed E-state index contributed by atoms with van der Waals surface area (Å²) in [5.41, 5.74) is 5.56. The first-order chi connectivity index (χ1) is 16.8. The van der Waals surface area contributed by atoms with E-state index in [9.17, 15) is 0 Å². The second-order valence-corrected chi connectivity index (χ2v) is 10.7. The molecule has 0 saturated heterocycles. The fourth-order valence-corrected chi connectivity index (χ4v) is 5.83. The van der Waals surface area contributed by atoms with Crippen LogP contribution in [0.25, 0.3) is 0 Å². The topological polar surface area (TPSA) is 0 Å². The number of rotatable bonds is 16. The van der Waals surface area contributed by atoms with E-state index in [1.165, 1.54) is 99.3 Å². The van der Waals surface area contributed by atoms with Gasteiger partial charge in [-0.3, -0.25) is 0 Å². The molecule has 0 aromatic heterocycles. The third-order valence-electron chi connectivity index (χ3n) is 7.20. The minimum atomic E-state index is -0.226. The standard InChI is InChI=1S/C33H45P/c1-2-3-4-5-6-7-8-9-10-11-12-15-22-29-23-20-21-28-32(29)33(34,30-24-16-13-17-25-30)31-26-18-14-19-27-31/h13-14,16-21,23-28H,2-12,15,22,34H2,1H3. The zero-order chi connectivity index (χ0) is 23.9. The molecule has 0 N–H and O–H groups in total. The van der Waals surface area contributed by atoms with Crippen LogP contribution < -0.4 is 0 Å². The van der Waals surface area contributed by atoms with Crippen molar-refractivity contribution in [1.82, 2.24) is 0 Å². The normalized spacial score (nSPS) is 11.6. The lowest BCUT2D eigenvalue weighted by atomic mass is 9.81. The van der Waals surface area contributed by atoms with E-state index >= 15 is 0 Å². The van der Waals surface area contributed by atoms with Gasteiger partial charge in [0.15, 0.2) is 0 Å². The van der Waals surface area contributed by atoms with Crippen molar-refractivity contribution in [3.8, 4) is 0 Å². The molecule has 0 aliphatic heterocycles. The van der Waals surface area contributed by atoms with Crippen molar-refractivity contribution in [2.24, 2.45) is 0 Å². The first-order valence-electron chi connectivity index (χ1n) is 13.7. The Labute approximate surface area is 211 Å². The average molecular weight is 473 g/mol. The predicted molar refractivity (Wildman–Crippen MR) is 154 cm³/mol. The molecule has 0 saturated carbocycles. The summed E-state index contributed by atoms with van der Waals surface area (Å²) < 4.78 is 0. The van der Waals surface area contributed by atoms with Gasteiger partial charge in [-0.25, -0.2) is 0 Å². The minimum absolute atomic E-state index is 0.226. The molecule has 0 radical (unpaired) electrons. The van der Waals surface area contributed by atoms with Gasteiger partial charge in [0.2, 0.25) is 0 Å². The van der Waals surface area contributed by atoms with Gasteiger partial charge >= 0.3 is 0 Å². The van der Waals surface area contributed by atoms with Gasteiger partial charge in [-0.15, -0.1) is 9.24 Å². The van der Waals surface area contributed by atoms with Crippen LogP contribution in [0.1, 0.15) is 106 Å². The average Bonchev–Trinajstić information content (AvgIpc) is 2.90. The zero-order valence-electron chi connectivity index (χ0n) is 21.4. The van der Waals surface area contributed by atoms with Crippen molar-refractivity contribution >= 4 is 9.24 Å². The van der Waals surface area contributed by atoms with Gasteiger partial charge in [0, 0.05) is 0 Å². The van der Waals surface area contributed by atoms with Crippen LogP contribution in [0.3, 0.4) is 0 Å². The monoisotopic (exact) mass is 472 g/mol. The summed E-state index contributed by atoms with van der Waals surface area (Å²) in [6.45, 7) is 2.29. The van der Waals surface area contributed by atoms with E-state index in [0.29, 0.717) is 0 Å². The third-order valence-corrected chi connectivity index (χ3v) is 8.18. The summed E-state index contributed by atoms with van der Waals surface area (Å²) in [5.74, 6) is 0. The first-order valence-corrected chi connectivity index (χ1v) is 14.3. The summed E-state index contributed by atoms with van der Waals surface area (Å²) in [5, 5.41) is -0.226. The Balaban J connectivity index is 1.55. The van der Waals surface area contributed by atoms with Crippen LogP contribution >= 0.6 is 9.24 Å². The van der Waals surface area contributed by atoms with Gasteiger partial charge in [0.25, 0.3) is 0 Å². The molecule has 1 atom stereocenters. The van der Waals surface area contributed by atoms with Crippen LogP contribution in [0.15, 0.2) is 84.9 Å². The van der Waals surface area contributed by atoms with Gasteiger partial charge in [0.1, 0.15) is 0 Å². The van der Waals surface area contributed by atoms with E-state index in [-0.39, 0.29) is 5.16 Å². The van der Waals surface area contributed by atoms with Gasteiger partial charge in [-0.1, -0.05) is 162 Å². The highest BCUT2D eigenvalue weighted by Gasteiger charge is 2.32. The van der Waals surface area contributed by atoms with Gasteiger partial charge in [-0.05, 0) is 35.1 Å². The number of unbranched alkanes of at least 4 members (excludes halogenated alkanes) is 11. The SMILES string of the molecule is CCCCCCCCCCCCCCc1ccccc1C(P)(c1ccccc1)c1ccccc1. The Hall–Kier alpha value is -1.91. The zero-order valence-corrected chi connectivity index (χ0v) is 22.5. The second-order valence-electron chi connectivity index (χ2n) is 9.84. The number of benzene rings is 3. The molecule has 1 unspecified atom stereocenters. The molecule has 182 valence electrons. The second kappa shape index (κ2) is 15.2. The lowest BCUT2D eigenvalue weighted by molar-refractivity contribution is 0.543. The van der Waals surface area contributed by atoms with E-state index in [4.69, 9.17) is 0 Å². The molecule has 1 heteroatoms. The maximum atomic E-state index is 3.22. The molecule has 0 heterocycles. The van der Waals surface area contributed by atoms with Gasteiger partial charge < -0.3 is 0 Å². The Morgan fingerprint density at radius 3 is 1.41 bits per heavy atom. The summed E-state index contributed by atoms with van der Waals surface area (Å²) in [6, 6.07) is 31.0. The summed E-state index contributed by atoms with van der Waals surface area (Å²) >= 11 is 0. The Kier molecular flexibility index (Phi) is 11.9. The lowest BCUT2D eigenvalue weighted by Crippen LogP contribution is -2.23. The molecule has 34 heavy (non-hydrogen) atoms. The first kappa shape index (κ1) is 26.7. The molecule has 0 aliphatic rings. The molecule has 0 aliphatic carbocycles. The number of hydrogen-bond donors (Lipinski definition) is 0. The van der Waals surface area contributed by atoms with E-state index < -0.39 is 0 Å². The Morgan fingerprint density at radius 1 is 0.500 bits per heavy atom. The maximum Gasteiger partial charge on any atom is 0.0594 e. The molecule has 3 rings (SSSR count). The van der Waals surface area contributed by atoms with Crippen LogP contribution in [0, 0.1) is 0 Å². The van der Waals surface area contributed by atoms with Crippen LogP contribution in [-0.4, -0.2) is 0 Å². The fraction of sp³-hybridized carbons (Fsp3) is 0.455. The van der Waals surface area contributed by atoms with E-state index in [2.05, 4.69) is 101 Å². The fourth-order valence-electron chi connectivity index (χ4n) is 5.16. The number of hydrogen-bond acceptors (Lipinski definition) is 0. The highest BCUT2D eigenvalue weighted by molar-refractivity contribution is 7.19. The maximum absolute atomic E-state index is 3.22. The van der Waals surface area contributed by atoms with Crippen molar-refractivity contribution in [2.75, 3.05) is 0 Å². The molecule has 3 aromatic rings. The highest BCUT2D eigenvalue weighted by atomic mass is 31.0. The predicted octanol–water partition coefficient (Wildman–Crippen LogP) is 10.1. The van der Waals surface area contributed by atoms with E-state index in [0.717, 1.165) is 6.42 Å². The molecule has 0 bridgehead atoms. The summed E-state index contributed by atoms with van der Waals surface area (Å²) in [4.78, 5) is 0. The molecule has 0 nitrogen and oxygen atoms in total. The number of aryl methyl sites for hydroxylation is 1. The minimum Gasteiger partial charge on any atom is -0.117 e. The molecular formula is C33H45P. The van der Waals surface area contributed by atoms with Crippen molar-refractivity contribution in [1.29, 1.82) is 0 Å². The summed E-state index contributed by atoms with van der Waals surface area (Å²) in [6.07, 6.45) is 17.9. The molecule has 0 fully saturated rings. The largest absolute Gasteiger partial charge is 0.117 e. The van der Waals surface area contributed by atoms with E-state index in [1.807, 2.05) is 0 Å². The quantitative estimate of drug-likeness (QED) is 0.110. The Bertz CT molecular complexity index is 876. The molecule has 0 amide bonds. The van der Waals surface area contributed by atoms with Gasteiger partial charge in [-0.2, -0.15) is 0 Å². The van der Waals surface area contributed by atoms with E-state index in [1.54, 1.807) is 0 Å². The van der Waals surface area contributed by atoms with Gasteiger partial charge in [0.05, 0.1) is 5.16 Å². The summed E-state index contributed by atoms with van der Waals surface area (Å²) in [7, 11) is 3.22. The van der Waals surface area contributed by atoms with Crippen molar-refractivity contribution < 1.29 is 0 Å². The lowest BCUT2D eigenvalue weighted by Gasteiger charge is -2.33. The third kappa shape index (κ3) is 7.81. The molecular weight excluding hydrogens is 427 g/mol.